The van der Waals surface area contributed by atoms with Crippen molar-refractivity contribution < 1.29 is 5.21 Å². The zero-order valence-corrected chi connectivity index (χ0v) is 13.2. The molecule has 1 atom stereocenters. The number of piperazine rings is 1. The summed E-state index contributed by atoms with van der Waals surface area (Å²) in [5.74, 6) is 0.179. The van der Waals surface area contributed by atoms with Gasteiger partial charge in [-0.2, -0.15) is 0 Å². The number of hydrogen-bond donors (Lipinski definition) is 2. The average molecular weight is 290 g/mol. The lowest BCUT2D eigenvalue weighted by atomic mass is 10.0. The van der Waals surface area contributed by atoms with Crippen molar-refractivity contribution in [2.24, 2.45) is 10.9 Å². The highest BCUT2D eigenvalue weighted by Gasteiger charge is 2.23. The van der Waals surface area contributed by atoms with E-state index in [1.807, 2.05) is 12.1 Å². The Balaban J connectivity index is 2.21. The fourth-order valence-corrected chi connectivity index (χ4v) is 2.98. The number of rotatable bonds is 4. The van der Waals surface area contributed by atoms with E-state index in [0.717, 1.165) is 43.0 Å². The monoisotopic (exact) mass is 290 g/mol. The second kappa shape index (κ2) is 6.80. The highest BCUT2D eigenvalue weighted by atomic mass is 16.4. The van der Waals surface area contributed by atoms with E-state index < -0.39 is 0 Å². The van der Waals surface area contributed by atoms with Gasteiger partial charge in [-0.25, -0.2) is 0 Å². The van der Waals surface area contributed by atoms with Gasteiger partial charge >= 0.3 is 0 Å². The molecule has 3 N–H and O–H groups in total. The Hall–Kier alpha value is -1.75. The van der Waals surface area contributed by atoms with Gasteiger partial charge in [-0.3, -0.25) is 4.90 Å². The molecule has 21 heavy (non-hydrogen) atoms. The Morgan fingerprint density at radius 2 is 2.00 bits per heavy atom. The molecule has 1 aromatic rings. The van der Waals surface area contributed by atoms with Crippen molar-refractivity contribution in [3.8, 4) is 0 Å². The van der Waals surface area contributed by atoms with E-state index in [9.17, 15) is 0 Å². The maximum atomic E-state index is 8.98. The van der Waals surface area contributed by atoms with Crippen LogP contribution in [0.5, 0.6) is 0 Å². The van der Waals surface area contributed by atoms with Crippen molar-refractivity contribution in [2.45, 2.75) is 33.2 Å². The van der Waals surface area contributed by atoms with E-state index in [1.54, 1.807) is 0 Å². The summed E-state index contributed by atoms with van der Waals surface area (Å²) >= 11 is 0. The molecule has 0 spiro atoms. The molecule has 5 heteroatoms. The molecule has 0 saturated carbocycles. The van der Waals surface area contributed by atoms with Crippen LogP contribution in [0.2, 0.25) is 0 Å². The molecule has 1 heterocycles. The number of para-hydroxylation sites is 1. The van der Waals surface area contributed by atoms with Crippen LogP contribution in [0.25, 0.3) is 0 Å². The SMILES string of the molecule is CCC(C)N1CCN(c2c(C)cccc2/C(N)=N/O)CC1. The van der Waals surface area contributed by atoms with Crippen molar-refractivity contribution in [3.05, 3.63) is 29.3 Å². The number of aryl methyl sites for hydroxylation is 1. The number of benzene rings is 1. The van der Waals surface area contributed by atoms with Gasteiger partial charge in [0.2, 0.25) is 0 Å². The Kier molecular flexibility index (Phi) is 5.07. The fraction of sp³-hybridized carbons (Fsp3) is 0.562. The van der Waals surface area contributed by atoms with Crippen LogP contribution in [0, 0.1) is 6.92 Å². The van der Waals surface area contributed by atoms with Crippen molar-refractivity contribution in [2.75, 3.05) is 31.1 Å². The van der Waals surface area contributed by atoms with Crippen LogP contribution in [0.3, 0.4) is 0 Å². The first kappa shape index (κ1) is 15.6. The number of amidine groups is 1. The molecule has 1 aromatic carbocycles. The minimum Gasteiger partial charge on any atom is -0.409 e. The molecule has 2 rings (SSSR count). The Morgan fingerprint density at radius 3 is 2.57 bits per heavy atom. The molecular weight excluding hydrogens is 264 g/mol. The third kappa shape index (κ3) is 3.29. The first-order chi connectivity index (χ1) is 10.1. The maximum Gasteiger partial charge on any atom is 0.172 e. The molecule has 0 aliphatic carbocycles. The molecule has 0 radical (unpaired) electrons. The minimum atomic E-state index is 0.179. The van der Waals surface area contributed by atoms with Crippen LogP contribution < -0.4 is 10.6 Å². The third-order valence-electron chi connectivity index (χ3n) is 4.47. The van der Waals surface area contributed by atoms with E-state index in [2.05, 4.69) is 41.8 Å². The lowest BCUT2D eigenvalue weighted by Gasteiger charge is -2.40. The molecular formula is C16H26N4O. The van der Waals surface area contributed by atoms with Gasteiger partial charge in [0.15, 0.2) is 5.84 Å². The van der Waals surface area contributed by atoms with E-state index in [4.69, 9.17) is 10.9 Å². The molecule has 1 aliphatic rings. The van der Waals surface area contributed by atoms with Crippen molar-refractivity contribution in [3.63, 3.8) is 0 Å². The molecule has 0 amide bonds. The largest absolute Gasteiger partial charge is 0.409 e. The molecule has 0 bridgehead atoms. The molecule has 0 aromatic heterocycles. The van der Waals surface area contributed by atoms with Crippen LogP contribution in [0.4, 0.5) is 5.69 Å². The number of nitrogens with zero attached hydrogens (tertiary/aromatic N) is 3. The number of hydrogen-bond acceptors (Lipinski definition) is 4. The van der Waals surface area contributed by atoms with E-state index in [-0.39, 0.29) is 5.84 Å². The Bertz CT molecular complexity index is 507. The zero-order chi connectivity index (χ0) is 15.4. The average Bonchev–Trinajstić information content (AvgIpc) is 2.53. The molecule has 1 unspecified atom stereocenters. The molecule has 116 valence electrons. The highest BCUT2D eigenvalue weighted by molar-refractivity contribution is 6.02. The molecule has 5 nitrogen and oxygen atoms in total. The van der Waals surface area contributed by atoms with Gasteiger partial charge in [-0.1, -0.05) is 24.2 Å². The highest BCUT2D eigenvalue weighted by Crippen LogP contribution is 2.26. The van der Waals surface area contributed by atoms with Gasteiger partial charge < -0.3 is 15.8 Å². The number of anilines is 1. The van der Waals surface area contributed by atoms with Gasteiger partial charge in [0.05, 0.1) is 5.69 Å². The zero-order valence-electron chi connectivity index (χ0n) is 13.2. The number of oxime groups is 1. The normalized spacial score (nSPS) is 18.8. The van der Waals surface area contributed by atoms with Crippen molar-refractivity contribution in [1.82, 2.24) is 4.90 Å². The summed E-state index contributed by atoms with van der Waals surface area (Å²) < 4.78 is 0. The second-order valence-electron chi connectivity index (χ2n) is 5.74. The summed E-state index contributed by atoms with van der Waals surface area (Å²) in [7, 11) is 0. The van der Waals surface area contributed by atoms with Crippen LogP contribution >= 0.6 is 0 Å². The summed E-state index contributed by atoms with van der Waals surface area (Å²) in [6.45, 7) is 10.6. The van der Waals surface area contributed by atoms with Crippen molar-refractivity contribution >= 4 is 11.5 Å². The van der Waals surface area contributed by atoms with Gasteiger partial charge in [0.25, 0.3) is 0 Å². The van der Waals surface area contributed by atoms with Gasteiger partial charge in [0, 0.05) is 37.8 Å². The smallest absolute Gasteiger partial charge is 0.172 e. The standard InChI is InChI=1S/C16H26N4O/c1-4-13(3)19-8-10-20(11-9-19)15-12(2)6-5-7-14(15)16(17)18-21/h5-7,13,21H,4,8-11H2,1-3H3,(H2,17,18). The summed E-state index contributed by atoms with van der Waals surface area (Å²) in [4.78, 5) is 4.87. The summed E-state index contributed by atoms with van der Waals surface area (Å²) in [6, 6.07) is 6.57. The van der Waals surface area contributed by atoms with Gasteiger partial charge in [-0.15, -0.1) is 0 Å². The topological polar surface area (TPSA) is 65.1 Å². The third-order valence-corrected chi connectivity index (χ3v) is 4.47. The first-order valence-corrected chi connectivity index (χ1v) is 7.65. The quantitative estimate of drug-likeness (QED) is 0.385. The Morgan fingerprint density at radius 1 is 1.33 bits per heavy atom. The van der Waals surface area contributed by atoms with E-state index in [0.29, 0.717) is 6.04 Å². The predicted octanol–water partition coefficient (Wildman–Crippen LogP) is 2.01. The summed E-state index contributed by atoms with van der Waals surface area (Å²) in [5.41, 5.74) is 8.90. The van der Waals surface area contributed by atoms with Gasteiger partial charge in [0.1, 0.15) is 0 Å². The number of nitrogens with two attached hydrogens (primary N) is 1. The fourth-order valence-electron chi connectivity index (χ4n) is 2.98. The summed E-state index contributed by atoms with van der Waals surface area (Å²) in [5, 5.41) is 12.2. The Labute approximate surface area is 127 Å². The van der Waals surface area contributed by atoms with Gasteiger partial charge in [-0.05, 0) is 31.9 Å². The molecule has 1 aliphatic heterocycles. The van der Waals surface area contributed by atoms with Crippen LogP contribution in [0.15, 0.2) is 23.4 Å². The first-order valence-electron chi connectivity index (χ1n) is 7.65. The summed E-state index contributed by atoms with van der Waals surface area (Å²) in [6.07, 6.45) is 1.18. The van der Waals surface area contributed by atoms with Crippen molar-refractivity contribution in [1.29, 1.82) is 0 Å². The lowest BCUT2D eigenvalue weighted by Crippen LogP contribution is -2.50. The van der Waals surface area contributed by atoms with Crippen LogP contribution in [-0.2, 0) is 0 Å². The van der Waals surface area contributed by atoms with E-state index >= 15 is 0 Å². The minimum absolute atomic E-state index is 0.179. The van der Waals surface area contributed by atoms with E-state index in [1.165, 1.54) is 6.42 Å². The predicted molar refractivity (Wildman–Crippen MR) is 87.2 cm³/mol. The second-order valence-corrected chi connectivity index (χ2v) is 5.74. The maximum absolute atomic E-state index is 8.98. The van der Waals surface area contributed by atoms with Crippen LogP contribution in [0.1, 0.15) is 31.4 Å². The lowest BCUT2D eigenvalue weighted by molar-refractivity contribution is 0.192. The molecule has 1 saturated heterocycles. The molecule has 1 fully saturated rings. The van der Waals surface area contributed by atoms with Crippen LogP contribution in [-0.4, -0.2) is 48.2 Å².